The topological polar surface area (TPSA) is 80.9 Å². The summed E-state index contributed by atoms with van der Waals surface area (Å²) in [5.41, 5.74) is 0. The number of benzene rings is 6. The molecule has 4 nitrogen and oxygen atoms in total. The van der Waals surface area contributed by atoms with Crippen LogP contribution >= 0.6 is 0 Å². The van der Waals surface area contributed by atoms with Crippen LogP contribution in [0.15, 0.2) is 72.8 Å². The zero-order chi connectivity index (χ0) is 20.6. The van der Waals surface area contributed by atoms with Crippen LogP contribution in [-0.2, 0) is 0 Å². The molecule has 0 saturated heterocycles. The van der Waals surface area contributed by atoms with Crippen molar-refractivity contribution in [2.75, 3.05) is 0 Å². The largest absolute Gasteiger partial charge is 0.504 e. The molecule has 0 unspecified atom stereocenters. The van der Waals surface area contributed by atoms with Crippen molar-refractivity contribution in [1.82, 2.24) is 0 Å². The van der Waals surface area contributed by atoms with Crippen molar-refractivity contribution in [2.45, 2.75) is 0 Å². The summed E-state index contributed by atoms with van der Waals surface area (Å²) in [6.45, 7) is 0. The van der Waals surface area contributed by atoms with Gasteiger partial charge in [0.05, 0.1) is 0 Å². The first kappa shape index (κ1) is 16.7. The zero-order valence-corrected chi connectivity index (χ0v) is 15.7. The van der Waals surface area contributed by atoms with Gasteiger partial charge in [0.2, 0.25) is 11.5 Å². The van der Waals surface area contributed by atoms with E-state index in [4.69, 9.17) is 0 Å². The zero-order valence-electron chi connectivity index (χ0n) is 15.7. The molecule has 0 spiro atoms. The van der Waals surface area contributed by atoms with Crippen LogP contribution in [0.3, 0.4) is 0 Å². The van der Waals surface area contributed by atoms with Gasteiger partial charge in [-0.2, -0.15) is 0 Å². The number of rotatable bonds is 0. The maximum Gasteiger partial charge on any atom is 0.204 e. The molecule has 6 aromatic carbocycles. The van der Waals surface area contributed by atoms with E-state index in [2.05, 4.69) is 6.07 Å². The molecule has 0 aliphatic rings. The van der Waals surface area contributed by atoms with Gasteiger partial charge < -0.3 is 20.4 Å². The quantitative estimate of drug-likeness (QED) is 0.139. The second kappa shape index (κ2) is 5.67. The molecule has 4 heteroatoms. The highest BCUT2D eigenvalue weighted by Crippen LogP contribution is 2.55. The van der Waals surface area contributed by atoms with Gasteiger partial charge in [-0.15, -0.1) is 0 Å². The smallest absolute Gasteiger partial charge is 0.204 e. The van der Waals surface area contributed by atoms with Crippen molar-refractivity contribution < 1.29 is 20.4 Å². The van der Waals surface area contributed by atoms with Gasteiger partial charge in [0.25, 0.3) is 0 Å². The highest BCUT2D eigenvalue weighted by molar-refractivity contribution is 6.41. The van der Waals surface area contributed by atoms with E-state index in [9.17, 15) is 20.4 Å². The fourth-order valence-electron chi connectivity index (χ4n) is 4.80. The van der Waals surface area contributed by atoms with E-state index < -0.39 is 23.0 Å². The molecule has 0 aromatic heterocycles. The molecule has 0 fully saturated rings. The standard InChI is InChI=1S/C26H16O4/c27-23-21-18-12-6-5-11-17(18)19-15-9-3-1-7-13(15)14-8-2-4-10-16(14)20(19)22(21)24(28)26(30)25(23)29/h1-12,27-30H. The molecule has 0 heterocycles. The van der Waals surface area contributed by atoms with Crippen LogP contribution in [-0.4, -0.2) is 20.4 Å². The molecule has 4 N–H and O–H groups in total. The fraction of sp³-hybridized carbons (Fsp3) is 0. The van der Waals surface area contributed by atoms with Crippen LogP contribution in [0, 0.1) is 0 Å². The van der Waals surface area contributed by atoms with Crippen molar-refractivity contribution in [3.63, 3.8) is 0 Å². The van der Waals surface area contributed by atoms with Crippen molar-refractivity contribution in [3.8, 4) is 23.0 Å². The molecule has 0 aliphatic heterocycles. The van der Waals surface area contributed by atoms with Crippen molar-refractivity contribution in [2.24, 2.45) is 0 Å². The molecule has 30 heavy (non-hydrogen) atoms. The number of hydrogen-bond donors (Lipinski definition) is 4. The third kappa shape index (κ3) is 1.90. The SMILES string of the molecule is Oc1c(O)c(O)c2c(c1O)c1ccccc1c1c3ccccc3c3ccccc3c21. The number of hydrogen-bond acceptors (Lipinski definition) is 4. The monoisotopic (exact) mass is 392 g/mol. The summed E-state index contributed by atoms with van der Waals surface area (Å²) in [5, 5.41) is 50.1. The molecule has 0 aliphatic carbocycles. The van der Waals surface area contributed by atoms with Crippen LogP contribution in [0.2, 0.25) is 0 Å². The first-order valence-electron chi connectivity index (χ1n) is 9.63. The van der Waals surface area contributed by atoms with E-state index in [0.29, 0.717) is 16.2 Å². The summed E-state index contributed by atoms with van der Waals surface area (Å²) in [6, 6.07) is 23.5. The molecule has 0 atom stereocenters. The average Bonchev–Trinajstić information content (AvgIpc) is 2.80. The van der Waals surface area contributed by atoms with Crippen LogP contribution in [0.25, 0.3) is 53.9 Å². The lowest BCUT2D eigenvalue weighted by atomic mass is 9.86. The van der Waals surface area contributed by atoms with Crippen molar-refractivity contribution >= 4 is 53.9 Å². The van der Waals surface area contributed by atoms with Crippen LogP contribution in [0.4, 0.5) is 0 Å². The maximum absolute atomic E-state index is 10.9. The van der Waals surface area contributed by atoms with Gasteiger partial charge in [-0.05, 0) is 37.7 Å². The van der Waals surface area contributed by atoms with Crippen LogP contribution in [0.1, 0.15) is 0 Å². The minimum atomic E-state index is -0.728. The van der Waals surface area contributed by atoms with E-state index in [1.54, 1.807) is 0 Å². The molecule has 0 amide bonds. The summed E-state index contributed by atoms with van der Waals surface area (Å²) in [7, 11) is 0. The number of phenols is 4. The summed E-state index contributed by atoms with van der Waals surface area (Å²) in [6.07, 6.45) is 0. The van der Waals surface area contributed by atoms with E-state index in [1.165, 1.54) is 0 Å². The Morgan fingerprint density at radius 1 is 0.300 bits per heavy atom. The molecule has 0 bridgehead atoms. The van der Waals surface area contributed by atoms with E-state index in [0.717, 1.165) is 37.7 Å². The second-order valence-electron chi connectivity index (χ2n) is 7.53. The lowest BCUT2D eigenvalue weighted by Crippen LogP contribution is -1.90. The van der Waals surface area contributed by atoms with Gasteiger partial charge in [-0.3, -0.25) is 0 Å². The van der Waals surface area contributed by atoms with Crippen molar-refractivity contribution in [3.05, 3.63) is 72.8 Å². The Balaban J connectivity index is 2.16. The molecular weight excluding hydrogens is 376 g/mol. The Bertz CT molecular complexity index is 1680. The van der Waals surface area contributed by atoms with Gasteiger partial charge in [0.1, 0.15) is 0 Å². The highest BCUT2D eigenvalue weighted by atomic mass is 16.3. The van der Waals surface area contributed by atoms with E-state index in [1.807, 2.05) is 66.7 Å². The average molecular weight is 392 g/mol. The number of aromatic hydroxyl groups is 4. The Morgan fingerprint density at radius 2 is 0.633 bits per heavy atom. The third-order valence-corrected chi connectivity index (χ3v) is 6.05. The maximum atomic E-state index is 10.9. The fourth-order valence-corrected chi connectivity index (χ4v) is 4.80. The minimum absolute atomic E-state index is 0.311. The predicted molar refractivity (Wildman–Crippen MR) is 121 cm³/mol. The predicted octanol–water partition coefficient (Wildman–Crippen LogP) is 6.28. The first-order chi connectivity index (χ1) is 14.6. The molecule has 0 radical (unpaired) electrons. The Kier molecular flexibility index (Phi) is 3.17. The lowest BCUT2D eigenvalue weighted by molar-refractivity contribution is 0.351. The summed E-state index contributed by atoms with van der Waals surface area (Å²) in [5.74, 6) is -2.35. The van der Waals surface area contributed by atoms with E-state index >= 15 is 0 Å². The Morgan fingerprint density at radius 3 is 1.13 bits per heavy atom. The van der Waals surface area contributed by atoms with Crippen LogP contribution < -0.4 is 0 Å². The van der Waals surface area contributed by atoms with Gasteiger partial charge in [-0.1, -0.05) is 72.8 Å². The van der Waals surface area contributed by atoms with Crippen molar-refractivity contribution in [1.29, 1.82) is 0 Å². The number of phenolic OH excluding ortho intramolecular Hbond substituents is 4. The summed E-state index contributed by atoms with van der Waals surface area (Å²) < 4.78 is 0. The normalized spacial score (nSPS) is 11.9. The Labute approximate surface area is 170 Å². The van der Waals surface area contributed by atoms with Gasteiger partial charge in [0, 0.05) is 16.2 Å². The van der Waals surface area contributed by atoms with Gasteiger partial charge in [0.15, 0.2) is 11.5 Å². The number of fused-ring (bicyclic) bond motifs is 11. The molecule has 6 aromatic rings. The molecular formula is C26H16O4. The summed E-state index contributed by atoms with van der Waals surface area (Å²) in [4.78, 5) is 0. The van der Waals surface area contributed by atoms with Gasteiger partial charge in [-0.25, -0.2) is 0 Å². The minimum Gasteiger partial charge on any atom is -0.504 e. The summed E-state index contributed by atoms with van der Waals surface area (Å²) >= 11 is 0. The third-order valence-electron chi connectivity index (χ3n) is 6.05. The van der Waals surface area contributed by atoms with E-state index in [-0.39, 0.29) is 0 Å². The van der Waals surface area contributed by atoms with Crippen LogP contribution in [0.5, 0.6) is 23.0 Å². The molecule has 144 valence electrons. The highest BCUT2D eigenvalue weighted by Gasteiger charge is 2.24. The Hall–Kier alpha value is -4.18. The molecule has 0 saturated carbocycles. The first-order valence-corrected chi connectivity index (χ1v) is 9.63. The second-order valence-corrected chi connectivity index (χ2v) is 7.53. The lowest BCUT2D eigenvalue weighted by Gasteiger charge is -2.18. The molecule has 6 rings (SSSR count). The van der Waals surface area contributed by atoms with Gasteiger partial charge >= 0.3 is 0 Å².